The molecule has 0 fully saturated rings. The standard InChI is InChI=1S/C41H28N4S2/c1-41(2)33-23-29(37-35(26-9-4-3-5-10-26)42-39-44(37)18-20-46-39)14-16-31(33)32-17-15-30(24-34(32)41)38-36(43-40-45(38)19-21-47-40)28-13-12-25-8-6-7-11-27(25)22-28/h3-24H,1-2H3. The first kappa shape index (κ1) is 26.9. The van der Waals surface area contributed by atoms with E-state index in [1.165, 1.54) is 44.2 Å². The van der Waals surface area contributed by atoms with Crippen LogP contribution < -0.4 is 0 Å². The molecule has 6 heteroatoms. The zero-order chi connectivity index (χ0) is 31.3. The quantitative estimate of drug-likeness (QED) is 0.192. The van der Waals surface area contributed by atoms with Crippen molar-refractivity contribution in [2.45, 2.75) is 19.3 Å². The molecule has 4 heterocycles. The summed E-state index contributed by atoms with van der Waals surface area (Å²) in [7, 11) is 0. The molecule has 4 aromatic heterocycles. The summed E-state index contributed by atoms with van der Waals surface area (Å²) in [4.78, 5) is 12.3. The van der Waals surface area contributed by atoms with Crippen molar-refractivity contribution >= 4 is 43.4 Å². The molecule has 0 radical (unpaired) electrons. The number of thiazole rings is 2. The Balaban J connectivity index is 1.12. The molecule has 0 N–H and O–H groups in total. The van der Waals surface area contributed by atoms with Crippen molar-refractivity contribution in [3.05, 3.63) is 143 Å². The van der Waals surface area contributed by atoms with Crippen molar-refractivity contribution in [1.82, 2.24) is 18.8 Å². The van der Waals surface area contributed by atoms with Crippen molar-refractivity contribution in [3.63, 3.8) is 0 Å². The van der Waals surface area contributed by atoms with Gasteiger partial charge in [0.2, 0.25) is 0 Å². The maximum Gasteiger partial charge on any atom is 0.194 e. The third-order valence-electron chi connectivity index (χ3n) is 9.82. The van der Waals surface area contributed by atoms with Gasteiger partial charge < -0.3 is 0 Å². The van der Waals surface area contributed by atoms with Crippen LogP contribution in [0.15, 0.2) is 132 Å². The summed E-state index contributed by atoms with van der Waals surface area (Å²) in [5.74, 6) is 0. The molecule has 10 rings (SSSR count). The molecule has 0 atom stereocenters. The van der Waals surface area contributed by atoms with Crippen molar-refractivity contribution in [2.24, 2.45) is 0 Å². The van der Waals surface area contributed by atoms with Gasteiger partial charge in [0.1, 0.15) is 0 Å². The summed E-state index contributed by atoms with van der Waals surface area (Å²) < 4.78 is 4.49. The molecule has 224 valence electrons. The Bertz CT molecular complexity index is 2670. The lowest BCUT2D eigenvalue weighted by atomic mass is 9.81. The van der Waals surface area contributed by atoms with Gasteiger partial charge in [-0.05, 0) is 51.2 Å². The molecule has 0 saturated carbocycles. The minimum atomic E-state index is -0.191. The average molecular weight is 641 g/mol. The van der Waals surface area contributed by atoms with Crippen molar-refractivity contribution < 1.29 is 0 Å². The lowest BCUT2D eigenvalue weighted by Crippen LogP contribution is -2.15. The zero-order valence-corrected chi connectivity index (χ0v) is 27.4. The highest BCUT2D eigenvalue weighted by Crippen LogP contribution is 2.51. The molecule has 0 bridgehead atoms. The van der Waals surface area contributed by atoms with E-state index in [1.807, 2.05) is 0 Å². The van der Waals surface area contributed by atoms with Crippen molar-refractivity contribution in [1.29, 1.82) is 0 Å². The van der Waals surface area contributed by atoms with Crippen LogP contribution in [0.4, 0.5) is 0 Å². The van der Waals surface area contributed by atoms with Crippen LogP contribution >= 0.6 is 22.7 Å². The van der Waals surface area contributed by atoms with Crippen molar-refractivity contribution in [3.8, 4) is 56.2 Å². The Morgan fingerprint density at radius 1 is 0.511 bits per heavy atom. The van der Waals surface area contributed by atoms with Gasteiger partial charge in [0.05, 0.1) is 22.8 Å². The number of aromatic nitrogens is 4. The number of imidazole rings is 2. The van der Waals surface area contributed by atoms with Gasteiger partial charge in [0.25, 0.3) is 0 Å². The number of rotatable bonds is 4. The second kappa shape index (κ2) is 9.85. The highest BCUT2D eigenvalue weighted by molar-refractivity contribution is 7.15. The molecule has 0 spiro atoms. The number of hydrogen-bond acceptors (Lipinski definition) is 4. The molecule has 0 unspecified atom stereocenters. The minimum absolute atomic E-state index is 0.191. The Labute approximate surface area is 279 Å². The maximum absolute atomic E-state index is 5.16. The zero-order valence-electron chi connectivity index (χ0n) is 25.8. The number of benzene rings is 5. The average Bonchev–Trinajstić information content (AvgIpc) is 3.92. The van der Waals surface area contributed by atoms with Crippen LogP contribution in [0.2, 0.25) is 0 Å². The number of fused-ring (bicyclic) bond motifs is 6. The smallest absolute Gasteiger partial charge is 0.194 e. The van der Waals surface area contributed by atoms with E-state index < -0.39 is 0 Å². The van der Waals surface area contributed by atoms with Crippen molar-refractivity contribution in [2.75, 3.05) is 0 Å². The molecule has 5 aromatic carbocycles. The number of nitrogens with zero attached hydrogens (tertiary/aromatic N) is 4. The predicted octanol–water partition coefficient (Wildman–Crippen LogP) is 11.2. The van der Waals surface area contributed by atoms with E-state index in [1.54, 1.807) is 22.7 Å². The second-order valence-corrected chi connectivity index (χ2v) is 14.5. The van der Waals surface area contributed by atoms with Crippen LogP contribution in [0.3, 0.4) is 0 Å². The van der Waals surface area contributed by atoms with Gasteiger partial charge in [0, 0.05) is 50.8 Å². The van der Waals surface area contributed by atoms with E-state index in [4.69, 9.17) is 9.97 Å². The van der Waals surface area contributed by atoms with E-state index in [-0.39, 0.29) is 5.41 Å². The third-order valence-corrected chi connectivity index (χ3v) is 11.3. The SMILES string of the molecule is CC1(C)c2cc(-c3c(-c4ccccc4)nc4sccn34)ccc2-c2ccc(-c3c(-c4ccc5ccccc5c4)nc4sccn34)cc21. The monoisotopic (exact) mass is 640 g/mol. The fourth-order valence-corrected chi connectivity index (χ4v) is 8.92. The molecule has 0 aliphatic heterocycles. The summed E-state index contributed by atoms with van der Waals surface area (Å²) >= 11 is 3.35. The van der Waals surface area contributed by atoms with Gasteiger partial charge in [-0.3, -0.25) is 8.80 Å². The predicted molar refractivity (Wildman–Crippen MR) is 197 cm³/mol. The van der Waals surface area contributed by atoms with Crippen LogP contribution in [0.5, 0.6) is 0 Å². The highest BCUT2D eigenvalue weighted by atomic mass is 32.1. The summed E-state index contributed by atoms with van der Waals surface area (Å²) in [5.41, 5.74) is 14.1. The number of hydrogen-bond donors (Lipinski definition) is 0. The van der Waals surface area contributed by atoms with Gasteiger partial charge in [-0.1, -0.05) is 105 Å². The summed E-state index contributed by atoms with van der Waals surface area (Å²) in [5, 5.41) is 6.70. The van der Waals surface area contributed by atoms with Gasteiger partial charge in [-0.2, -0.15) is 0 Å². The Morgan fingerprint density at radius 2 is 1.04 bits per heavy atom. The Morgan fingerprint density at radius 3 is 1.66 bits per heavy atom. The Kier molecular flexibility index (Phi) is 5.63. The molecule has 47 heavy (non-hydrogen) atoms. The van der Waals surface area contributed by atoms with Gasteiger partial charge in [0.15, 0.2) is 9.92 Å². The van der Waals surface area contributed by atoms with E-state index in [0.29, 0.717) is 0 Å². The molecular weight excluding hydrogens is 613 g/mol. The highest BCUT2D eigenvalue weighted by Gasteiger charge is 2.37. The van der Waals surface area contributed by atoms with Crippen LogP contribution in [-0.2, 0) is 5.41 Å². The molecule has 0 amide bonds. The van der Waals surface area contributed by atoms with Crippen LogP contribution in [0.25, 0.3) is 76.9 Å². The molecule has 0 saturated heterocycles. The normalized spacial score (nSPS) is 13.5. The van der Waals surface area contributed by atoms with Crippen LogP contribution in [0.1, 0.15) is 25.0 Å². The lowest BCUT2D eigenvalue weighted by Gasteiger charge is -2.22. The van der Waals surface area contributed by atoms with E-state index in [2.05, 4.69) is 155 Å². The summed E-state index contributed by atoms with van der Waals surface area (Å²) in [6.07, 6.45) is 4.28. The largest absolute Gasteiger partial charge is 0.290 e. The first-order valence-corrected chi connectivity index (χ1v) is 17.6. The second-order valence-electron chi connectivity index (χ2n) is 12.8. The summed E-state index contributed by atoms with van der Waals surface area (Å²) in [6.45, 7) is 4.72. The third kappa shape index (κ3) is 3.92. The fourth-order valence-electron chi connectivity index (χ4n) is 7.49. The Hall–Kier alpha value is -5.30. The maximum atomic E-state index is 5.16. The van der Waals surface area contributed by atoms with E-state index >= 15 is 0 Å². The first-order chi connectivity index (χ1) is 23.0. The molecular formula is C41H28N4S2. The minimum Gasteiger partial charge on any atom is -0.290 e. The van der Waals surface area contributed by atoms with E-state index in [0.717, 1.165) is 43.8 Å². The molecule has 1 aliphatic rings. The topological polar surface area (TPSA) is 34.6 Å². The molecule has 4 nitrogen and oxygen atoms in total. The van der Waals surface area contributed by atoms with Gasteiger partial charge >= 0.3 is 0 Å². The van der Waals surface area contributed by atoms with E-state index in [9.17, 15) is 0 Å². The van der Waals surface area contributed by atoms with Crippen LogP contribution in [0, 0.1) is 0 Å². The lowest BCUT2D eigenvalue weighted by molar-refractivity contribution is 0.661. The fraction of sp³-hybridized carbons (Fsp3) is 0.0732. The molecule has 1 aliphatic carbocycles. The van der Waals surface area contributed by atoms with Gasteiger partial charge in [-0.15, -0.1) is 22.7 Å². The van der Waals surface area contributed by atoms with Crippen LogP contribution in [-0.4, -0.2) is 18.8 Å². The molecule has 9 aromatic rings. The van der Waals surface area contributed by atoms with Gasteiger partial charge in [-0.25, -0.2) is 9.97 Å². The first-order valence-electron chi connectivity index (χ1n) is 15.8. The summed E-state index contributed by atoms with van der Waals surface area (Å²) in [6, 6.07) is 39.7.